The van der Waals surface area contributed by atoms with Gasteiger partial charge in [-0.3, -0.25) is 7.77 Å². The third kappa shape index (κ3) is 1.56. The van der Waals surface area contributed by atoms with Gasteiger partial charge in [0.1, 0.15) is 0 Å². The zero-order valence-electron chi connectivity index (χ0n) is 5.87. The van der Waals surface area contributed by atoms with Gasteiger partial charge in [0.15, 0.2) is 0 Å². The maximum absolute atomic E-state index is 4.18. The number of hydrogen-bond acceptors (Lipinski definition) is 2. The van der Waals surface area contributed by atoms with E-state index in [9.17, 15) is 0 Å². The van der Waals surface area contributed by atoms with E-state index in [4.69, 9.17) is 0 Å². The summed E-state index contributed by atoms with van der Waals surface area (Å²) in [6, 6.07) is 1.95. The molecule has 0 radical (unpaired) electrons. The fourth-order valence-electron chi connectivity index (χ4n) is 0.628. The lowest BCUT2D eigenvalue weighted by Crippen LogP contribution is -2.17. The van der Waals surface area contributed by atoms with Crippen LogP contribution in [-0.2, 0) is 0 Å². The molecule has 1 aromatic rings. The monoisotopic (exact) mass is 249 g/mol. The van der Waals surface area contributed by atoms with Crippen LogP contribution < -0.4 is 5.62 Å². The number of hydrogen-bond donors (Lipinski definition) is 0. The molecule has 10 heavy (non-hydrogen) atoms. The van der Waals surface area contributed by atoms with E-state index >= 15 is 0 Å². The third-order valence-corrected chi connectivity index (χ3v) is 1.87. The molecule has 54 valence electrons. The van der Waals surface area contributed by atoms with Crippen LogP contribution in [-0.4, -0.2) is 14.8 Å². The van der Waals surface area contributed by atoms with Gasteiger partial charge in [-0.25, -0.2) is 4.98 Å². The van der Waals surface area contributed by atoms with Crippen molar-refractivity contribution in [3.8, 4) is 0 Å². The van der Waals surface area contributed by atoms with E-state index in [1.165, 1.54) is 0 Å². The summed E-state index contributed by atoms with van der Waals surface area (Å²) in [5.74, 6) is 0. The molecule has 0 bridgehead atoms. The Morgan fingerprint density at radius 2 is 2.40 bits per heavy atom. The first kappa shape index (κ1) is 7.71. The van der Waals surface area contributed by atoms with Crippen molar-refractivity contribution in [2.75, 3.05) is 7.05 Å². The average molecular weight is 249 g/mol. The molecule has 0 aliphatic heterocycles. The van der Waals surface area contributed by atoms with Crippen LogP contribution in [0, 0.1) is 6.92 Å². The van der Waals surface area contributed by atoms with Crippen molar-refractivity contribution in [3.63, 3.8) is 0 Å². The Kier molecular flexibility index (Phi) is 2.42. The summed E-state index contributed by atoms with van der Waals surface area (Å²) >= 11 is 2.14. The minimum absolute atomic E-state index is 0.751. The van der Waals surface area contributed by atoms with Gasteiger partial charge >= 0.3 is 0 Å². The number of aromatic nitrogens is 2. The average Bonchev–Trinajstić information content (AvgIpc) is 1.94. The van der Waals surface area contributed by atoms with Crippen LogP contribution in [0.1, 0.15) is 5.69 Å². The standard InChI is InChI=1S/C6H8IN3/c1-5-3-4-10(7)6(8-2)9-5/h3-4H,1-2H3. The molecule has 0 saturated heterocycles. The molecule has 4 heteroatoms. The molecule has 0 amide bonds. The number of nitrogens with zero attached hydrogens (tertiary/aromatic N) is 3. The Morgan fingerprint density at radius 1 is 1.70 bits per heavy atom. The number of rotatable bonds is 0. The first-order valence-corrected chi connectivity index (χ1v) is 3.86. The third-order valence-electron chi connectivity index (χ3n) is 1.11. The number of aryl methyl sites for hydroxylation is 1. The van der Waals surface area contributed by atoms with Crippen LogP contribution in [0.2, 0.25) is 0 Å². The van der Waals surface area contributed by atoms with Crippen LogP contribution >= 0.6 is 22.9 Å². The van der Waals surface area contributed by atoms with Gasteiger partial charge in [0.25, 0.3) is 0 Å². The summed E-state index contributed by atoms with van der Waals surface area (Å²) in [7, 11) is 1.73. The predicted octanol–water partition coefficient (Wildman–Crippen LogP) is 0.920. The first-order valence-electron chi connectivity index (χ1n) is 2.89. The maximum Gasteiger partial charge on any atom is 0.233 e. The molecule has 0 aromatic carbocycles. The lowest BCUT2D eigenvalue weighted by Gasteiger charge is -1.95. The van der Waals surface area contributed by atoms with E-state index in [-0.39, 0.29) is 0 Å². The SMILES string of the molecule is CN=c1nc(C)ccn1I. The van der Waals surface area contributed by atoms with E-state index in [2.05, 4.69) is 32.8 Å². The van der Waals surface area contributed by atoms with Crippen molar-refractivity contribution in [1.82, 2.24) is 7.76 Å². The summed E-state index contributed by atoms with van der Waals surface area (Å²) in [5, 5.41) is 0. The smallest absolute Gasteiger partial charge is 0.233 e. The largest absolute Gasteiger partial charge is 0.258 e. The molecule has 0 saturated carbocycles. The maximum atomic E-state index is 4.18. The summed E-state index contributed by atoms with van der Waals surface area (Å²) in [5.41, 5.74) is 1.74. The molecule has 0 N–H and O–H groups in total. The second kappa shape index (κ2) is 3.14. The van der Waals surface area contributed by atoms with Crippen molar-refractivity contribution < 1.29 is 0 Å². The van der Waals surface area contributed by atoms with Crippen LogP contribution in [0.25, 0.3) is 0 Å². The minimum Gasteiger partial charge on any atom is -0.258 e. The lowest BCUT2D eigenvalue weighted by atomic mass is 10.5. The van der Waals surface area contributed by atoms with E-state index in [1.54, 1.807) is 7.05 Å². The Bertz CT molecular complexity index is 289. The molecular formula is C6H8IN3. The number of halogens is 1. The van der Waals surface area contributed by atoms with E-state index in [0.29, 0.717) is 0 Å². The molecule has 1 aromatic heterocycles. The fraction of sp³-hybridized carbons (Fsp3) is 0.333. The molecule has 1 rings (SSSR count). The Morgan fingerprint density at radius 3 is 2.90 bits per heavy atom. The highest BCUT2D eigenvalue weighted by atomic mass is 127. The van der Waals surface area contributed by atoms with E-state index < -0.39 is 0 Å². The van der Waals surface area contributed by atoms with Crippen molar-refractivity contribution in [2.45, 2.75) is 6.92 Å². The van der Waals surface area contributed by atoms with Gasteiger partial charge in [0.05, 0.1) is 22.9 Å². The van der Waals surface area contributed by atoms with E-state index in [1.807, 2.05) is 22.0 Å². The highest BCUT2D eigenvalue weighted by molar-refractivity contribution is 14.1. The highest BCUT2D eigenvalue weighted by Gasteiger charge is 1.88. The van der Waals surface area contributed by atoms with Gasteiger partial charge in [-0.15, -0.1) is 0 Å². The van der Waals surface area contributed by atoms with Crippen LogP contribution in [0.5, 0.6) is 0 Å². The topological polar surface area (TPSA) is 30.2 Å². The van der Waals surface area contributed by atoms with Crippen molar-refractivity contribution in [1.29, 1.82) is 0 Å². The van der Waals surface area contributed by atoms with Crippen molar-refractivity contribution in [2.24, 2.45) is 4.99 Å². The van der Waals surface area contributed by atoms with E-state index in [0.717, 1.165) is 11.3 Å². The Hall–Kier alpha value is -0.390. The molecule has 0 unspecified atom stereocenters. The van der Waals surface area contributed by atoms with Gasteiger partial charge < -0.3 is 0 Å². The second-order valence-corrected chi connectivity index (χ2v) is 2.94. The molecule has 3 nitrogen and oxygen atoms in total. The van der Waals surface area contributed by atoms with Gasteiger partial charge in [0, 0.05) is 18.9 Å². The molecule has 0 fully saturated rings. The lowest BCUT2D eigenvalue weighted by molar-refractivity contribution is 0.941. The summed E-state index contributed by atoms with van der Waals surface area (Å²) in [6.45, 7) is 1.95. The molecule has 0 spiro atoms. The van der Waals surface area contributed by atoms with Crippen molar-refractivity contribution in [3.05, 3.63) is 23.6 Å². The van der Waals surface area contributed by atoms with Crippen LogP contribution in [0.15, 0.2) is 17.3 Å². The fourth-order valence-corrected chi connectivity index (χ4v) is 1.11. The molecule has 0 aliphatic rings. The zero-order chi connectivity index (χ0) is 7.56. The van der Waals surface area contributed by atoms with Gasteiger partial charge in [0.2, 0.25) is 5.62 Å². The Balaban J connectivity index is 3.37. The summed E-state index contributed by atoms with van der Waals surface area (Å²) in [4.78, 5) is 8.16. The predicted molar refractivity (Wildman–Crippen MR) is 47.9 cm³/mol. The highest BCUT2D eigenvalue weighted by Crippen LogP contribution is 1.89. The summed E-state index contributed by atoms with van der Waals surface area (Å²) < 4.78 is 1.85. The molecule has 1 heterocycles. The second-order valence-electron chi connectivity index (χ2n) is 1.90. The summed E-state index contributed by atoms with van der Waals surface area (Å²) in [6.07, 6.45) is 1.94. The molecular weight excluding hydrogens is 241 g/mol. The molecule has 0 aliphatic carbocycles. The van der Waals surface area contributed by atoms with Crippen molar-refractivity contribution >= 4 is 22.9 Å². The molecule has 0 atom stereocenters. The van der Waals surface area contributed by atoms with Gasteiger partial charge in [-0.2, -0.15) is 0 Å². The van der Waals surface area contributed by atoms with Gasteiger partial charge in [-0.05, 0) is 13.0 Å². The van der Waals surface area contributed by atoms with Crippen LogP contribution in [0.4, 0.5) is 0 Å². The quantitative estimate of drug-likeness (QED) is 0.629. The first-order chi connectivity index (χ1) is 4.74. The Labute approximate surface area is 73.3 Å². The van der Waals surface area contributed by atoms with Crippen LogP contribution in [0.3, 0.4) is 0 Å². The zero-order valence-corrected chi connectivity index (χ0v) is 8.03. The minimum atomic E-state index is 0.751. The normalized spacial score (nSPS) is 12.1. The van der Waals surface area contributed by atoms with Gasteiger partial charge in [-0.1, -0.05) is 0 Å².